The molecule has 1 aromatic rings. The molecule has 0 radical (unpaired) electrons. The molecule has 6 heteroatoms. The van der Waals surface area contributed by atoms with Gasteiger partial charge in [0.25, 0.3) is 5.91 Å². The van der Waals surface area contributed by atoms with Gasteiger partial charge in [-0.2, -0.15) is 0 Å². The van der Waals surface area contributed by atoms with Crippen LogP contribution in [0.25, 0.3) is 0 Å². The number of nitrogen functional groups attached to an aromatic ring is 1. The predicted octanol–water partition coefficient (Wildman–Crippen LogP) is 0.866. The van der Waals surface area contributed by atoms with E-state index >= 15 is 0 Å². The van der Waals surface area contributed by atoms with Gasteiger partial charge in [0.2, 0.25) is 0 Å². The monoisotopic (exact) mass is 264 g/mol. The summed E-state index contributed by atoms with van der Waals surface area (Å²) in [6.45, 7) is 2.25. The molecule has 0 aliphatic carbocycles. The van der Waals surface area contributed by atoms with Crippen molar-refractivity contribution >= 4 is 11.7 Å². The van der Waals surface area contributed by atoms with Crippen LogP contribution in [0.1, 0.15) is 23.2 Å². The summed E-state index contributed by atoms with van der Waals surface area (Å²) in [6.07, 6.45) is 3.77. The molecule has 1 atom stereocenters. The first-order valence-corrected chi connectivity index (χ1v) is 6.47. The Morgan fingerprint density at radius 1 is 1.68 bits per heavy atom. The van der Waals surface area contributed by atoms with Crippen molar-refractivity contribution in [1.82, 2.24) is 9.88 Å². The van der Waals surface area contributed by atoms with E-state index in [1.54, 1.807) is 30.3 Å². The Labute approximate surface area is 112 Å². The van der Waals surface area contributed by atoms with Gasteiger partial charge in [0.05, 0.1) is 12.2 Å². The Hall–Kier alpha value is -1.66. The summed E-state index contributed by atoms with van der Waals surface area (Å²) in [6, 6.07) is 3.45. The quantitative estimate of drug-likeness (QED) is 0.623. The molecule has 19 heavy (non-hydrogen) atoms. The minimum atomic E-state index is -0.0772. The lowest BCUT2D eigenvalue weighted by Crippen LogP contribution is -2.35. The SMILES string of the molecule is CN(CC1CCCOC1)C(=O)c1cccnc1NN. The molecule has 2 rings (SSSR count). The second-order valence-electron chi connectivity index (χ2n) is 4.81. The maximum absolute atomic E-state index is 12.3. The molecule has 3 N–H and O–H groups in total. The van der Waals surface area contributed by atoms with Gasteiger partial charge in [-0.3, -0.25) is 4.79 Å². The van der Waals surface area contributed by atoms with Crippen LogP contribution in [-0.4, -0.2) is 42.6 Å². The Kier molecular flexibility index (Phi) is 4.70. The second-order valence-corrected chi connectivity index (χ2v) is 4.81. The lowest BCUT2D eigenvalue weighted by atomic mass is 10.0. The summed E-state index contributed by atoms with van der Waals surface area (Å²) < 4.78 is 5.43. The van der Waals surface area contributed by atoms with Crippen LogP contribution in [0.4, 0.5) is 5.82 Å². The van der Waals surface area contributed by atoms with E-state index in [2.05, 4.69) is 10.4 Å². The minimum Gasteiger partial charge on any atom is -0.381 e. The third-order valence-electron chi connectivity index (χ3n) is 3.31. The van der Waals surface area contributed by atoms with Crippen LogP contribution in [0.15, 0.2) is 18.3 Å². The highest BCUT2D eigenvalue weighted by molar-refractivity contribution is 5.98. The largest absolute Gasteiger partial charge is 0.381 e. The molecule has 1 aromatic heterocycles. The van der Waals surface area contributed by atoms with Crippen molar-refractivity contribution in [2.45, 2.75) is 12.8 Å². The van der Waals surface area contributed by atoms with Gasteiger partial charge in [-0.05, 0) is 30.9 Å². The van der Waals surface area contributed by atoms with Crippen LogP contribution in [-0.2, 0) is 4.74 Å². The highest BCUT2D eigenvalue weighted by Crippen LogP contribution is 2.17. The average molecular weight is 264 g/mol. The van der Waals surface area contributed by atoms with E-state index in [4.69, 9.17) is 10.6 Å². The summed E-state index contributed by atoms with van der Waals surface area (Å²) in [7, 11) is 1.80. The van der Waals surface area contributed by atoms with Crippen molar-refractivity contribution in [2.24, 2.45) is 11.8 Å². The Morgan fingerprint density at radius 2 is 2.53 bits per heavy atom. The van der Waals surface area contributed by atoms with Gasteiger partial charge >= 0.3 is 0 Å². The maximum Gasteiger partial charge on any atom is 0.257 e. The van der Waals surface area contributed by atoms with Crippen LogP contribution >= 0.6 is 0 Å². The number of hydrazine groups is 1. The molecule has 0 bridgehead atoms. The summed E-state index contributed by atoms with van der Waals surface area (Å²) in [5, 5.41) is 0. The van der Waals surface area contributed by atoms with E-state index in [1.165, 1.54) is 0 Å². The zero-order valence-electron chi connectivity index (χ0n) is 11.1. The fourth-order valence-electron chi connectivity index (χ4n) is 2.32. The van der Waals surface area contributed by atoms with Gasteiger partial charge < -0.3 is 15.1 Å². The Bertz CT molecular complexity index is 432. The van der Waals surface area contributed by atoms with E-state index in [0.29, 0.717) is 23.8 Å². The summed E-state index contributed by atoms with van der Waals surface area (Å²) in [5.41, 5.74) is 2.94. The van der Waals surface area contributed by atoms with Gasteiger partial charge in [-0.25, -0.2) is 10.8 Å². The predicted molar refractivity (Wildman–Crippen MR) is 72.6 cm³/mol. The topological polar surface area (TPSA) is 80.5 Å². The second kappa shape index (κ2) is 6.49. The number of ether oxygens (including phenoxy) is 1. The first kappa shape index (κ1) is 13.8. The maximum atomic E-state index is 12.3. The lowest BCUT2D eigenvalue weighted by Gasteiger charge is -2.27. The molecule has 6 nitrogen and oxygen atoms in total. The highest BCUT2D eigenvalue weighted by Gasteiger charge is 2.21. The van der Waals surface area contributed by atoms with E-state index in [9.17, 15) is 4.79 Å². The van der Waals surface area contributed by atoms with Crippen LogP contribution < -0.4 is 11.3 Å². The number of carbonyl (C=O) groups excluding carboxylic acids is 1. The standard InChI is InChI=1S/C13H20N4O2/c1-17(8-10-4-3-7-19-9-10)13(18)11-5-2-6-15-12(11)16-14/h2,5-6,10H,3-4,7-9,14H2,1H3,(H,15,16). The van der Waals surface area contributed by atoms with Crippen LogP contribution in [0.5, 0.6) is 0 Å². The van der Waals surface area contributed by atoms with Crippen LogP contribution in [0.2, 0.25) is 0 Å². The molecule has 1 amide bonds. The third kappa shape index (κ3) is 3.42. The summed E-state index contributed by atoms with van der Waals surface area (Å²) in [5.74, 6) is 6.11. The molecule has 104 valence electrons. The van der Waals surface area contributed by atoms with Crippen molar-refractivity contribution in [3.8, 4) is 0 Å². The Balaban J connectivity index is 2.01. The first-order valence-electron chi connectivity index (χ1n) is 6.47. The molecular weight excluding hydrogens is 244 g/mol. The van der Waals surface area contributed by atoms with Gasteiger partial charge in [-0.1, -0.05) is 0 Å². The van der Waals surface area contributed by atoms with Gasteiger partial charge in [0.1, 0.15) is 0 Å². The molecule has 0 spiro atoms. The zero-order chi connectivity index (χ0) is 13.7. The van der Waals surface area contributed by atoms with Crippen molar-refractivity contribution in [3.63, 3.8) is 0 Å². The number of nitrogens with zero attached hydrogens (tertiary/aromatic N) is 2. The molecule has 1 aliphatic rings. The molecule has 1 aliphatic heterocycles. The molecule has 1 fully saturated rings. The molecule has 2 heterocycles. The molecule has 1 saturated heterocycles. The Morgan fingerprint density at radius 3 is 3.21 bits per heavy atom. The van der Waals surface area contributed by atoms with Crippen molar-refractivity contribution in [1.29, 1.82) is 0 Å². The highest BCUT2D eigenvalue weighted by atomic mass is 16.5. The molecule has 0 aromatic carbocycles. The molecule has 0 saturated carbocycles. The fourth-order valence-corrected chi connectivity index (χ4v) is 2.32. The summed E-state index contributed by atoms with van der Waals surface area (Å²) >= 11 is 0. The molecule has 1 unspecified atom stereocenters. The number of amides is 1. The van der Waals surface area contributed by atoms with Gasteiger partial charge in [0.15, 0.2) is 5.82 Å². The number of hydrogen-bond donors (Lipinski definition) is 2. The van der Waals surface area contributed by atoms with Gasteiger partial charge in [0, 0.05) is 26.4 Å². The molecular formula is C13H20N4O2. The third-order valence-corrected chi connectivity index (χ3v) is 3.31. The fraction of sp³-hybridized carbons (Fsp3) is 0.538. The normalized spacial score (nSPS) is 18.9. The van der Waals surface area contributed by atoms with Crippen molar-refractivity contribution < 1.29 is 9.53 Å². The first-order chi connectivity index (χ1) is 9.22. The number of rotatable bonds is 4. The van der Waals surface area contributed by atoms with E-state index in [1.807, 2.05) is 0 Å². The number of carbonyl (C=O) groups is 1. The van der Waals surface area contributed by atoms with E-state index in [-0.39, 0.29) is 5.91 Å². The zero-order valence-corrected chi connectivity index (χ0v) is 11.1. The number of aromatic nitrogens is 1. The van der Waals surface area contributed by atoms with Gasteiger partial charge in [-0.15, -0.1) is 0 Å². The average Bonchev–Trinajstić information content (AvgIpc) is 2.47. The number of nitrogens with one attached hydrogen (secondary N) is 1. The van der Waals surface area contributed by atoms with E-state index < -0.39 is 0 Å². The minimum absolute atomic E-state index is 0.0772. The number of nitrogens with two attached hydrogens (primary N) is 1. The van der Waals surface area contributed by atoms with Crippen LogP contribution in [0, 0.1) is 5.92 Å². The van der Waals surface area contributed by atoms with Crippen molar-refractivity contribution in [2.75, 3.05) is 32.2 Å². The van der Waals surface area contributed by atoms with E-state index in [0.717, 1.165) is 26.1 Å². The number of anilines is 1. The lowest BCUT2D eigenvalue weighted by molar-refractivity contribution is 0.0388. The van der Waals surface area contributed by atoms with Crippen molar-refractivity contribution in [3.05, 3.63) is 23.9 Å². The summed E-state index contributed by atoms with van der Waals surface area (Å²) in [4.78, 5) is 18.1. The smallest absolute Gasteiger partial charge is 0.257 e. The number of hydrogen-bond acceptors (Lipinski definition) is 5. The van der Waals surface area contributed by atoms with Crippen LogP contribution in [0.3, 0.4) is 0 Å². The number of pyridine rings is 1.